The summed E-state index contributed by atoms with van der Waals surface area (Å²) >= 11 is 0. The van der Waals surface area contributed by atoms with Gasteiger partial charge >= 0.3 is 0 Å². The molecule has 174 valence electrons. The Morgan fingerprint density at radius 3 is 1.88 bits per heavy atom. The first-order valence-electron chi connectivity index (χ1n) is 11.8. The zero-order valence-corrected chi connectivity index (χ0v) is 22.7. The Hall–Kier alpha value is -2.46. The first kappa shape index (κ1) is 24.7. The number of rotatable bonds is 6. The lowest BCUT2D eigenvalue weighted by molar-refractivity contribution is 0.474. The molecular weight excluding hydrogens is 450 g/mol. The van der Waals surface area contributed by atoms with Gasteiger partial charge < -0.3 is 5.11 Å². The minimum absolute atomic E-state index is 0.0429. The van der Waals surface area contributed by atoms with E-state index in [-0.39, 0.29) is 5.41 Å². The molecule has 0 saturated carbocycles. The summed E-state index contributed by atoms with van der Waals surface area (Å²) in [4.78, 5) is 0. The second-order valence-corrected chi connectivity index (χ2v) is 13.4. The van der Waals surface area contributed by atoms with E-state index in [2.05, 4.69) is 119 Å². The van der Waals surface area contributed by atoms with Crippen LogP contribution in [0.5, 0.6) is 5.75 Å². The van der Waals surface area contributed by atoms with E-state index in [1.54, 1.807) is 0 Å². The third-order valence-corrected chi connectivity index (χ3v) is 10.4. The molecule has 0 aromatic heterocycles. The molecule has 0 radical (unpaired) electrons. The molecule has 4 aromatic rings. The molecule has 0 fully saturated rings. The number of hydrogen-bond donors (Lipinski definition) is 1. The van der Waals surface area contributed by atoms with Gasteiger partial charge in [0.1, 0.15) is 5.75 Å². The van der Waals surface area contributed by atoms with Crippen LogP contribution in [0.2, 0.25) is 0 Å². The molecule has 0 saturated heterocycles. The summed E-state index contributed by atoms with van der Waals surface area (Å²) in [6.07, 6.45) is 0.992. The highest BCUT2D eigenvalue weighted by molar-refractivity contribution is 7.72. The van der Waals surface area contributed by atoms with Crippen LogP contribution in [0, 0.1) is 13.8 Å². The third kappa shape index (κ3) is 5.60. The molecule has 1 atom stereocenters. The first-order chi connectivity index (χ1) is 16.2. The van der Waals surface area contributed by atoms with E-state index in [4.69, 9.17) is 0 Å². The van der Waals surface area contributed by atoms with Gasteiger partial charge in [0.25, 0.3) is 0 Å². The Bertz CT molecular complexity index is 1220. The molecule has 0 bridgehead atoms. The Kier molecular flexibility index (Phi) is 7.57. The van der Waals surface area contributed by atoms with Gasteiger partial charge in [-0.05, 0) is 71.4 Å². The van der Waals surface area contributed by atoms with E-state index in [0.29, 0.717) is 14.3 Å². The zero-order chi connectivity index (χ0) is 24.3. The largest absolute Gasteiger partial charge is 0.507 e. The monoisotopic (exact) mass is 484 g/mol. The molecule has 1 nitrogen and oxygen atoms in total. The van der Waals surface area contributed by atoms with Gasteiger partial charge in [-0.15, -0.1) is 0 Å². The average molecular weight is 485 g/mol. The maximum atomic E-state index is 11.0. The fraction of sp³-hybridized carbons (Fsp3) is 0.226. The lowest BCUT2D eigenvalue weighted by Crippen LogP contribution is -2.19. The predicted octanol–water partition coefficient (Wildman–Crippen LogP) is 6.57. The summed E-state index contributed by atoms with van der Waals surface area (Å²) in [5.41, 5.74) is 4.96. The lowest BCUT2D eigenvalue weighted by Gasteiger charge is -2.24. The molecule has 0 spiro atoms. The summed E-state index contributed by atoms with van der Waals surface area (Å²) in [5.74, 6) is 0.439. The number of hydrogen-bond acceptors (Lipinski definition) is 1. The maximum Gasteiger partial charge on any atom is 0.126 e. The van der Waals surface area contributed by atoms with Gasteiger partial charge in [0.15, 0.2) is 0 Å². The van der Waals surface area contributed by atoms with Crippen LogP contribution in [0.4, 0.5) is 0 Å². The van der Waals surface area contributed by atoms with Crippen LogP contribution in [-0.4, -0.2) is 5.11 Å². The molecule has 0 aliphatic heterocycles. The van der Waals surface area contributed by atoms with E-state index in [1.165, 1.54) is 32.6 Å². The molecule has 0 aliphatic carbocycles. The molecule has 0 amide bonds. The van der Waals surface area contributed by atoms with Gasteiger partial charge in [0.05, 0.1) is 0 Å². The van der Waals surface area contributed by atoms with Crippen molar-refractivity contribution >= 4 is 37.7 Å². The van der Waals surface area contributed by atoms with Crippen molar-refractivity contribution < 1.29 is 5.11 Å². The highest BCUT2D eigenvalue weighted by Gasteiger charge is 2.20. The minimum atomic E-state index is -0.527. The Morgan fingerprint density at radius 1 is 0.735 bits per heavy atom. The molecule has 0 aliphatic rings. The number of phenols is 1. The van der Waals surface area contributed by atoms with Crippen LogP contribution in [0.3, 0.4) is 0 Å². The first-order valence-corrected chi connectivity index (χ1v) is 14.3. The fourth-order valence-corrected chi connectivity index (χ4v) is 8.11. The van der Waals surface area contributed by atoms with Crippen molar-refractivity contribution in [2.75, 3.05) is 0 Å². The van der Waals surface area contributed by atoms with Crippen LogP contribution in [0.1, 0.15) is 43.0 Å². The van der Waals surface area contributed by atoms with Crippen LogP contribution >= 0.6 is 16.5 Å². The summed E-state index contributed by atoms with van der Waals surface area (Å²) in [5, 5.41) is 16.2. The third-order valence-electron chi connectivity index (χ3n) is 6.25. The molecule has 4 aromatic carbocycles. The molecular formula is C31H34OP2. The second-order valence-electron chi connectivity index (χ2n) is 9.93. The SMILES string of the molecule is Cc1cc(C(C)(C)C)cc(Pc2c(C)cccc2CP(c2ccccc2)c2ccccc2)c1O. The van der Waals surface area contributed by atoms with Crippen molar-refractivity contribution in [3.8, 4) is 5.75 Å². The Balaban J connectivity index is 1.76. The standard InChI is InChI=1S/C31H34OP2/c1-22-13-12-14-24(21-34(26-15-8-6-9-16-26)27-17-10-7-11-18-27)30(22)33-28-20-25(31(3,4)5)19-23(2)29(28)32/h6-20,32-33H,21H2,1-5H3. The van der Waals surface area contributed by atoms with Crippen molar-refractivity contribution in [2.45, 2.75) is 46.2 Å². The van der Waals surface area contributed by atoms with Gasteiger partial charge in [-0.25, -0.2) is 0 Å². The van der Waals surface area contributed by atoms with Crippen LogP contribution in [0.25, 0.3) is 0 Å². The minimum Gasteiger partial charge on any atom is -0.507 e. The van der Waals surface area contributed by atoms with E-state index >= 15 is 0 Å². The normalized spacial score (nSPS) is 12.1. The predicted molar refractivity (Wildman–Crippen MR) is 153 cm³/mol. The van der Waals surface area contributed by atoms with Gasteiger partial charge in [-0.1, -0.05) is 114 Å². The maximum absolute atomic E-state index is 11.0. The summed E-state index contributed by atoms with van der Waals surface area (Å²) in [6.45, 7) is 10.9. The van der Waals surface area contributed by atoms with Crippen LogP contribution in [-0.2, 0) is 11.6 Å². The van der Waals surface area contributed by atoms with Crippen molar-refractivity contribution in [3.63, 3.8) is 0 Å². The van der Waals surface area contributed by atoms with E-state index in [1.807, 2.05) is 6.92 Å². The van der Waals surface area contributed by atoms with E-state index in [9.17, 15) is 5.11 Å². The zero-order valence-electron chi connectivity index (χ0n) is 20.8. The van der Waals surface area contributed by atoms with Crippen LogP contribution in [0.15, 0.2) is 91.0 Å². The Morgan fingerprint density at radius 2 is 1.32 bits per heavy atom. The topological polar surface area (TPSA) is 20.2 Å². The van der Waals surface area contributed by atoms with E-state index in [0.717, 1.165) is 17.0 Å². The van der Waals surface area contributed by atoms with Gasteiger partial charge in [-0.2, -0.15) is 0 Å². The number of aryl methyl sites for hydroxylation is 2. The fourth-order valence-electron chi connectivity index (χ4n) is 4.20. The van der Waals surface area contributed by atoms with Crippen molar-refractivity contribution in [2.24, 2.45) is 0 Å². The quantitative estimate of drug-likeness (QED) is 0.307. The van der Waals surface area contributed by atoms with Gasteiger partial charge in [0.2, 0.25) is 0 Å². The summed E-state index contributed by atoms with van der Waals surface area (Å²) in [7, 11) is -0.107. The van der Waals surface area contributed by atoms with Crippen molar-refractivity contribution in [1.29, 1.82) is 0 Å². The molecule has 0 heterocycles. The number of aromatic hydroxyl groups is 1. The lowest BCUT2D eigenvalue weighted by atomic mass is 9.86. The summed E-state index contributed by atoms with van der Waals surface area (Å²) in [6, 6.07) is 32.8. The summed E-state index contributed by atoms with van der Waals surface area (Å²) < 4.78 is 0. The van der Waals surface area contributed by atoms with Gasteiger partial charge in [-0.3, -0.25) is 0 Å². The Labute approximate surface area is 207 Å². The number of benzene rings is 4. The highest BCUT2D eigenvalue weighted by atomic mass is 31.1. The molecule has 34 heavy (non-hydrogen) atoms. The molecule has 3 heteroatoms. The van der Waals surface area contributed by atoms with E-state index < -0.39 is 7.92 Å². The molecule has 1 N–H and O–H groups in total. The van der Waals surface area contributed by atoms with Crippen molar-refractivity contribution in [1.82, 2.24) is 0 Å². The number of phenolic OH excluding ortho intramolecular Hbond substituents is 1. The highest BCUT2D eigenvalue weighted by Crippen LogP contribution is 2.39. The smallest absolute Gasteiger partial charge is 0.126 e. The average Bonchev–Trinajstić information content (AvgIpc) is 2.82. The van der Waals surface area contributed by atoms with Crippen LogP contribution < -0.4 is 21.2 Å². The molecule has 1 unspecified atom stereocenters. The second kappa shape index (κ2) is 10.4. The van der Waals surface area contributed by atoms with Crippen molar-refractivity contribution in [3.05, 3.63) is 113 Å². The molecule has 4 rings (SSSR count). The van der Waals surface area contributed by atoms with Gasteiger partial charge in [0, 0.05) is 11.5 Å².